The Labute approximate surface area is 124 Å². The van der Waals surface area contributed by atoms with E-state index in [-0.39, 0.29) is 23.5 Å². The van der Waals surface area contributed by atoms with Gasteiger partial charge in [-0.15, -0.1) is 0 Å². The van der Waals surface area contributed by atoms with E-state index >= 15 is 0 Å². The summed E-state index contributed by atoms with van der Waals surface area (Å²) >= 11 is 0. The number of rotatable bonds is 3. The average Bonchev–Trinajstić information content (AvgIpc) is 2.78. The molecule has 21 heavy (non-hydrogen) atoms. The van der Waals surface area contributed by atoms with Crippen LogP contribution in [-0.2, 0) is 19.1 Å². The monoisotopic (exact) mass is 294 g/mol. The second-order valence-electron chi connectivity index (χ2n) is 5.40. The van der Waals surface area contributed by atoms with Gasteiger partial charge in [0.15, 0.2) is 5.78 Å². The molecule has 1 atom stereocenters. The summed E-state index contributed by atoms with van der Waals surface area (Å²) in [5.41, 5.74) is -0.106. The van der Waals surface area contributed by atoms with Gasteiger partial charge in [-0.1, -0.05) is 20.4 Å². The summed E-state index contributed by atoms with van der Waals surface area (Å²) in [4.78, 5) is 32.6. The van der Waals surface area contributed by atoms with Crippen molar-refractivity contribution in [1.82, 2.24) is 10.6 Å². The Morgan fingerprint density at radius 3 is 2.48 bits per heavy atom. The number of nitrogens with one attached hydrogen (secondary N) is 2. The normalized spacial score (nSPS) is 24.9. The largest absolute Gasteiger partial charge is 0.364 e. The number of ketones is 1. The van der Waals surface area contributed by atoms with E-state index in [1.807, 2.05) is 13.8 Å². The molecule has 1 fully saturated rings. The number of carbonyl (C=O) groups excluding carboxylic acids is 3. The molecule has 2 N–H and O–H groups in total. The number of hydrogen-bond acceptors (Lipinski definition) is 5. The van der Waals surface area contributed by atoms with Crippen LogP contribution in [0.2, 0.25) is 0 Å². The highest BCUT2D eigenvalue weighted by Crippen LogP contribution is 2.14. The summed E-state index contributed by atoms with van der Waals surface area (Å²) in [6.07, 6.45) is 2.67. The molecule has 2 aliphatic heterocycles. The number of imide groups is 1. The highest BCUT2D eigenvalue weighted by atomic mass is 16.5. The Kier molecular flexibility index (Phi) is 5.99. The lowest BCUT2D eigenvalue weighted by molar-refractivity contribution is -0.140. The Hall–Kier alpha value is -1.79. The molecule has 1 saturated heterocycles. The first-order chi connectivity index (χ1) is 9.80. The minimum atomic E-state index is -0.681. The summed E-state index contributed by atoms with van der Waals surface area (Å²) in [5.74, 6) is -0.468. The maximum atomic E-state index is 11.2. The zero-order valence-electron chi connectivity index (χ0n) is 12.7. The molecule has 0 radical (unpaired) electrons. The maximum absolute atomic E-state index is 11.2. The van der Waals surface area contributed by atoms with Gasteiger partial charge in [0.05, 0.1) is 6.61 Å². The summed E-state index contributed by atoms with van der Waals surface area (Å²) in [5, 5.41) is 5.27. The minimum Gasteiger partial charge on any atom is -0.364 e. The number of ether oxygens (including phenoxy) is 1. The molecule has 2 rings (SSSR count). The van der Waals surface area contributed by atoms with Gasteiger partial charge in [0, 0.05) is 24.7 Å². The Balaban J connectivity index is 0.000000211. The molecule has 0 aromatic heterocycles. The fourth-order valence-electron chi connectivity index (χ4n) is 1.96. The van der Waals surface area contributed by atoms with Crippen molar-refractivity contribution in [2.24, 2.45) is 5.92 Å². The Morgan fingerprint density at radius 2 is 2.14 bits per heavy atom. The van der Waals surface area contributed by atoms with Crippen molar-refractivity contribution in [3.8, 4) is 0 Å². The molecule has 2 amide bonds. The van der Waals surface area contributed by atoms with Gasteiger partial charge in [0.25, 0.3) is 11.8 Å². The average molecular weight is 294 g/mol. The van der Waals surface area contributed by atoms with Crippen LogP contribution < -0.4 is 10.6 Å². The molecule has 6 heteroatoms. The first-order valence-corrected chi connectivity index (χ1v) is 6.88. The molecule has 0 aromatic rings. The SMILES string of the molecule is C=CC(=O)C1(C)CNCCO1.CC(C)C1=CC(=O)NC1=O. The van der Waals surface area contributed by atoms with Crippen LogP contribution in [0.25, 0.3) is 0 Å². The van der Waals surface area contributed by atoms with Crippen molar-refractivity contribution in [1.29, 1.82) is 0 Å². The summed E-state index contributed by atoms with van der Waals surface area (Å²) in [6.45, 7) is 11.0. The van der Waals surface area contributed by atoms with Crippen molar-refractivity contribution in [3.63, 3.8) is 0 Å². The van der Waals surface area contributed by atoms with Crippen molar-refractivity contribution in [2.75, 3.05) is 19.7 Å². The zero-order valence-corrected chi connectivity index (χ0v) is 12.7. The van der Waals surface area contributed by atoms with Gasteiger partial charge in [-0.2, -0.15) is 0 Å². The van der Waals surface area contributed by atoms with Crippen LogP contribution in [-0.4, -0.2) is 42.9 Å². The molecule has 116 valence electrons. The highest BCUT2D eigenvalue weighted by Gasteiger charge is 2.33. The topological polar surface area (TPSA) is 84.5 Å². The van der Waals surface area contributed by atoms with E-state index in [1.54, 1.807) is 6.92 Å². The van der Waals surface area contributed by atoms with Gasteiger partial charge >= 0.3 is 0 Å². The molecular formula is C15H22N2O4. The van der Waals surface area contributed by atoms with E-state index in [4.69, 9.17) is 4.74 Å². The fraction of sp³-hybridized carbons (Fsp3) is 0.533. The van der Waals surface area contributed by atoms with Gasteiger partial charge in [-0.25, -0.2) is 0 Å². The molecule has 2 heterocycles. The number of morpholine rings is 1. The third kappa shape index (κ3) is 4.61. The molecule has 0 aromatic carbocycles. The third-order valence-electron chi connectivity index (χ3n) is 3.28. The predicted octanol–water partition coefficient (Wildman–Crippen LogP) is 0.345. The lowest BCUT2D eigenvalue weighted by Gasteiger charge is -2.31. The van der Waals surface area contributed by atoms with E-state index < -0.39 is 5.60 Å². The first kappa shape index (κ1) is 17.3. The maximum Gasteiger partial charge on any atom is 0.254 e. The fourth-order valence-corrected chi connectivity index (χ4v) is 1.96. The molecule has 2 aliphatic rings. The summed E-state index contributed by atoms with van der Waals surface area (Å²) in [7, 11) is 0. The summed E-state index contributed by atoms with van der Waals surface area (Å²) in [6, 6.07) is 0. The smallest absolute Gasteiger partial charge is 0.254 e. The molecule has 0 spiro atoms. The van der Waals surface area contributed by atoms with Crippen LogP contribution >= 0.6 is 0 Å². The number of hydrogen-bond donors (Lipinski definition) is 2. The van der Waals surface area contributed by atoms with E-state index in [0.29, 0.717) is 18.7 Å². The Morgan fingerprint density at radius 1 is 1.48 bits per heavy atom. The second kappa shape index (κ2) is 7.28. The molecule has 0 saturated carbocycles. The van der Waals surface area contributed by atoms with Crippen molar-refractivity contribution in [3.05, 3.63) is 24.3 Å². The van der Waals surface area contributed by atoms with Crippen molar-refractivity contribution in [2.45, 2.75) is 26.4 Å². The third-order valence-corrected chi connectivity index (χ3v) is 3.28. The van der Waals surface area contributed by atoms with E-state index in [9.17, 15) is 14.4 Å². The summed E-state index contributed by atoms with van der Waals surface area (Å²) < 4.78 is 5.33. The van der Waals surface area contributed by atoms with Crippen molar-refractivity contribution >= 4 is 17.6 Å². The van der Waals surface area contributed by atoms with Gasteiger partial charge in [0.2, 0.25) is 0 Å². The minimum absolute atomic E-state index is 0.0512. The van der Waals surface area contributed by atoms with Crippen LogP contribution in [0, 0.1) is 5.92 Å². The van der Waals surface area contributed by atoms with E-state index in [2.05, 4.69) is 17.2 Å². The van der Waals surface area contributed by atoms with Crippen LogP contribution in [0.15, 0.2) is 24.3 Å². The van der Waals surface area contributed by atoms with Crippen molar-refractivity contribution < 1.29 is 19.1 Å². The van der Waals surface area contributed by atoms with Gasteiger partial charge in [0.1, 0.15) is 5.60 Å². The predicted molar refractivity (Wildman–Crippen MR) is 78.5 cm³/mol. The first-order valence-electron chi connectivity index (χ1n) is 6.88. The van der Waals surface area contributed by atoms with Crippen LogP contribution in [0.3, 0.4) is 0 Å². The molecule has 6 nitrogen and oxygen atoms in total. The van der Waals surface area contributed by atoms with E-state index in [0.717, 1.165) is 6.54 Å². The molecule has 1 unspecified atom stereocenters. The highest BCUT2D eigenvalue weighted by molar-refractivity contribution is 6.16. The second-order valence-corrected chi connectivity index (χ2v) is 5.40. The number of carbonyl (C=O) groups is 3. The zero-order chi connectivity index (χ0) is 16.0. The van der Waals surface area contributed by atoms with Gasteiger partial charge < -0.3 is 10.1 Å². The van der Waals surface area contributed by atoms with Crippen LogP contribution in [0.4, 0.5) is 0 Å². The quantitative estimate of drug-likeness (QED) is 0.579. The molecular weight excluding hydrogens is 272 g/mol. The molecule has 0 bridgehead atoms. The Bertz CT molecular complexity index is 474. The van der Waals surface area contributed by atoms with Gasteiger partial charge in [-0.05, 0) is 18.9 Å². The lowest BCUT2D eigenvalue weighted by Crippen LogP contribution is -2.52. The standard InChI is InChI=1S/C8H13NO2.C7H9NO2/c1-3-7(10)8(2)6-9-4-5-11-8;1-4(2)5-3-6(9)8-7(5)10/h3,9H,1,4-6H2,2H3;3-4H,1-2H3,(H,8,9,10). The van der Waals surface area contributed by atoms with Crippen LogP contribution in [0.5, 0.6) is 0 Å². The van der Waals surface area contributed by atoms with Gasteiger partial charge in [-0.3, -0.25) is 19.7 Å². The molecule has 0 aliphatic carbocycles. The number of amides is 2. The van der Waals surface area contributed by atoms with E-state index in [1.165, 1.54) is 12.2 Å². The van der Waals surface area contributed by atoms with Crippen LogP contribution in [0.1, 0.15) is 20.8 Å². The lowest BCUT2D eigenvalue weighted by atomic mass is 9.99.